The monoisotopic (exact) mass is 492 g/mol. The lowest BCUT2D eigenvalue weighted by atomic mass is 10.3. The van der Waals surface area contributed by atoms with Gasteiger partial charge in [0.1, 0.15) is 11.5 Å². The minimum atomic E-state index is -0.784. The highest BCUT2D eigenvalue weighted by Gasteiger charge is 2.18. The zero-order valence-electron chi connectivity index (χ0n) is 16.2. The summed E-state index contributed by atoms with van der Waals surface area (Å²) in [5.41, 5.74) is 0. The molecule has 0 aliphatic carbocycles. The Morgan fingerprint density at radius 3 is 1.47 bits per heavy atom. The summed E-state index contributed by atoms with van der Waals surface area (Å²) in [4.78, 5) is 24.3. The van der Waals surface area contributed by atoms with Gasteiger partial charge in [0.2, 0.25) is 0 Å². The van der Waals surface area contributed by atoms with Crippen LogP contribution in [-0.2, 0) is 9.59 Å². The van der Waals surface area contributed by atoms with Crippen LogP contribution in [-0.4, -0.2) is 37.1 Å². The maximum atomic E-state index is 12.1. The third kappa shape index (κ3) is 7.43. The molecule has 10 heteroatoms. The number of halogens is 4. The first-order valence-corrected chi connectivity index (χ1v) is 10.5. The van der Waals surface area contributed by atoms with E-state index in [0.717, 1.165) is 0 Å². The van der Waals surface area contributed by atoms with Gasteiger partial charge in [-0.2, -0.15) is 0 Å². The Kier molecular flexibility index (Phi) is 9.37. The van der Waals surface area contributed by atoms with Crippen molar-refractivity contribution in [2.24, 2.45) is 0 Å². The summed E-state index contributed by atoms with van der Waals surface area (Å²) in [6, 6.07) is 9.46. The molecule has 0 aliphatic rings. The first kappa shape index (κ1) is 24.4. The molecule has 162 valence electrons. The minimum Gasteiger partial charge on any atom is -0.479 e. The molecule has 0 saturated carbocycles. The molecule has 2 aromatic carbocycles. The minimum absolute atomic E-state index is 0.209. The molecular formula is C20H20Cl4N2O4. The lowest BCUT2D eigenvalue weighted by molar-refractivity contribution is -0.129. The normalized spacial score (nSPS) is 12.6. The first-order valence-electron chi connectivity index (χ1n) is 8.96. The maximum absolute atomic E-state index is 12.1. The molecule has 0 aliphatic heterocycles. The van der Waals surface area contributed by atoms with Crippen LogP contribution in [0.4, 0.5) is 0 Å². The molecule has 30 heavy (non-hydrogen) atoms. The van der Waals surface area contributed by atoms with E-state index in [-0.39, 0.29) is 24.9 Å². The summed E-state index contributed by atoms with van der Waals surface area (Å²) in [5, 5.41) is 6.89. The zero-order chi connectivity index (χ0) is 22.3. The van der Waals surface area contributed by atoms with Gasteiger partial charge in [-0.05, 0) is 50.2 Å². The van der Waals surface area contributed by atoms with Gasteiger partial charge in [-0.15, -0.1) is 0 Å². The number of carbonyl (C=O) groups is 2. The van der Waals surface area contributed by atoms with Gasteiger partial charge >= 0.3 is 0 Å². The smallest absolute Gasteiger partial charge is 0.260 e. The second-order valence-corrected chi connectivity index (χ2v) is 7.94. The van der Waals surface area contributed by atoms with Crippen molar-refractivity contribution in [3.05, 3.63) is 56.5 Å². The van der Waals surface area contributed by atoms with E-state index in [1.165, 1.54) is 12.1 Å². The molecule has 6 nitrogen and oxygen atoms in total. The average Bonchev–Trinajstić information content (AvgIpc) is 2.68. The second-order valence-electron chi connectivity index (χ2n) is 6.25. The number of amides is 2. The van der Waals surface area contributed by atoms with E-state index in [0.29, 0.717) is 31.6 Å². The Hall–Kier alpha value is -1.86. The van der Waals surface area contributed by atoms with Crippen LogP contribution in [0.15, 0.2) is 36.4 Å². The molecule has 2 amide bonds. The molecule has 0 spiro atoms. The van der Waals surface area contributed by atoms with Crippen LogP contribution in [0.2, 0.25) is 20.1 Å². The summed E-state index contributed by atoms with van der Waals surface area (Å²) in [6.07, 6.45) is -1.57. The van der Waals surface area contributed by atoms with Gasteiger partial charge in [0, 0.05) is 23.1 Å². The van der Waals surface area contributed by atoms with E-state index in [4.69, 9.17) is 55.9 Å². The third-order valence-electron chi connectivity index (χ3n) is 3.86. The SMILES string of the molecule is CC(Oc1ccc(Cl)cc1Cl)C(=O)NCCNC(=O)C(C)Oc1ccc(Cl)cc1Cl. The standard InChI is InChI=1S/C20H20Cl4N2O4/c1-11(29-17-5-3-13(21)9-15(17)23)19(27)25-7-8-26-20(28)12(2)30-18-6-4-14(22)10-16(18)24/h3-6,9-12H,7-8H2,1-2H3,(H,25,27)(H,26,28). The van der Waals surface area contributed by atoms with Gasteiger partial charge in [0.25, 0.3) is 11.8 Å². The van der Waals surface area contributed by atoms with E-state index < -0.39 is 12.2 Å². The number of hydrogen-bond acceptors (Lipinski definition) is 4. The maximum Gasteiger partial charge on any atom is 0.260 e. The molecule has 0 heterocycles. The molecule has 0 fully saturated rings. The predicted molar refractivity (Wildman–Crippen MR) is 119 cm³/mol. The summed E-state index contributed by atoms with van der Waals surface area (Å²) in [5.74, 6) is -0.00673. The number of ether oxygens (including phenoxy) is 2. The molecule has 2 N–H and O–H groups in total. The lowest BCUT2D eigenvalue weighted by Crippen LogP contribution is -2.43. The molecule has 0 radical (unpaired) electrons. The Labute approximate surface area is 194 Å². The van der Waals surface area contributed by atoms with Crippen molar-refractivity contribution in [2.45, 2.75) is 26.1 Å². The zero-order valence-corrected chi connectivity index (χ0v) is 19.2. The number of nitrogens with one attached hydrogen (secondary N) is 2. The second kappa shape index (κ2) is 11.5. The van der Waals surface area contributed by atoms with Crippen molar-refractivity contribution >= 4 is 58.2 Å². The van der Waals surface area contributed by atoms with Crippen LogP contribution >= 0.6 is 46.4 Å². The van der Waals surface area contributed by atoms with E-state index in [9.17, 15) is 9.59 Å². The van der Waals surface area contributed by atoms with Crippen molar-refractivity contribution in [1.29, 1.82) is 0 Å². The van der Waals surface area contributed by atoms with Crippen molar-refractivity contribution in [1.82, 2.24) is 10.6 Å². The highest BCUT2D eigenvalue weighted by Crippen LogP contribution is 2.29. The van der Waals surface area contributed by atoms with Gasteiger partial charge in [-0.25, -0.2) is 0 Å². The van der Waals surface area contributed by atoms with E-state index >= 15 is 0 Å². The highest BCUT2D eigenvalue weighted by atomic mass is 35.5. The highest BCUT2D eigenvalue weighted by molar-refractivity contribution is 6.36. The van der Waals surface area contributed by atoms with Crippen molar-refractivity contribution < 1.29 is 19.1 Å². The average molecular weight is 494 g/mol. The van der Waals surface area contributed by atoms with E-state index in [1.807, 2.05) is 0 Å². The van der Waals surface area contributed by atoms with Crippen molar-refractivity contribution in [2.75, 3.05) is 13.1 Å². The number of rotatable bonds is 9. The van der Waals surface area contributed by atoms with E-state index in [2.05, 4.69) is 10.6 Å². The van der Waals surface area contributed by atoms with Crippen LogP contribution in [0.25, 0.3) is 0 Å². The van der Waals surface area contributed by atoms with Crippen LogP contribution < -0.4 is 20.1 Å². The fourth-order valence-electron chi connectivity index (χ4n) is 2.29. The number of benzene rings is 2. The summed E-state index contributed by atoms with van der Waals surface area (Å²) in [7, 11) is 0. The molecule has 2 unspecified atom stereocenters. The fraction of sp³-hybridized carbons (Fsp3) is 0.300. The summed E-state index contributed by atoms with van der Waals surface area (Å²) in [6.45, 7) is 3.59. The van der Waals surface area contributed by atoms with Crippen LogP contribution in [0.5, 0.6) is 11.5 Å². The Bertz CT molecular complexity index is 837. The van der Waals surface area contributed by atoms with Gasteiger partial charge in [0.05, 0.1) is 10.0 Å². The molecule has 0 aromatic heterocycles. The van der Waals surface area contributed by atoms with Crippen LogP contribution in [0.3, 0.4) is 0 Å². The molecule has 0 saturated heterocycles. The van der Waals surface area contributed by atoms with Crippen LogP contribution in [0.1, 0.15) is 13.8 Å². The number of hydrogen-bond donors (Lipinski definition) is 2. The predicted octanol–water partition coefficient (Wildman–Crippen LogP) is 4.77. The van der Waals surface area contributed by atoms with Gasteiger partial charge in [0.15, 0.2) is 12.2 Å². The fourth-order valence-corrected chi connectivity index (χ4v) is 3.19. The quantitative estimate of drug-likeness (QED) is 0.493. The topological polar surface area (TPSA) is 76.7 Å². The lowest BCUT2D eigenvalue weighted by Gasteiger charge is -2.17. The van der Waals surface area contributed by atoms with E-state index in [1.54, 1.807) is 38.1 Å². The largest absolute Gasteiger partial charge is 0.479 e. The Morgan fingerprint density at radius 1 is 0.767 bits per heavy atom. The summed E-state index contributed by atoms with van der Waals surface area (Å²) >= 11 is 23.7. The molecule has 2 atom stereocenters. The van der Waals surface area contributed by atoms with Crippen LogP contribution in [0, 0.1) is 0 Å². The molecule has 2 rings (SSSR count). The first-order chi connectivity index (χ1) is 14.2. The van der Waals surface area contributed by atoms with Gasteiger partial charge in [-0.1, -0.05) is 46.4 Å². The molecule has 2 aromatic rings. The Morgan fingerprint density at radius 2 is 1.13 bits per heavy atom. The van der Waals surface area contributed by atoms with Crippen molar-refractivity contribution in [3.63, 3.8) is 0 Å². The Balaban J connectivity index is 1.72. The molecule has 0 bridgehead atoms. The third-order valence-corrected chi connectivity index (χ3v) is 4.92. The summed E-state index contributed by atoms with van der Waals surface area (Å²) < 4.78 is 11.1. The molecular weight excluding hydrogens is 474 g/mol. The number of carbonyl (C=O) groups excluding carboxylic acids is 2. The van der Waals surface area contributed by atoms with Gasteiger partial charge < -0.3 is 20.1 Å². The van der Waals surface area contributed by atoms with Gasteiger partial charge in [-0.3, -0.25) is 9.59 Å². The van der Waals surface area contributed by atoms with Crippen molar-refractivity contribution in [3.8, 4) is 11.5 Å².